The molecule has 0 unspecified atom stereocenters. The molecular weight excluding hydrogens is 274 g/mol. The monoisotopic (exact) mass is 295 g/mol. The summed E-state index contributed by atoms with van der Waals surface area (Å²) in [6, 6.07) is 11.5. The van der Waals surface area contributed by atoms with Crippen molar-refractivity contribution in [3.63, 3.8) is 0 Å². The van der Waals surface area contributed by atoms with E-state index in [0.29, 0.717) is 5.56 Å². The van der Waals surface area contributed by atoms with Crippen LogP contribution in [0.25, 0.3) is 0 Å². The molecule has 0 saturated carbocycles. The molecule has 0 spiro atoms. The number of pyridine rings is 1. The van der Waals surface area contributed by atoms with Crippen LogP contribution in [0, 0.1) is 0 Å². The largest absolute Gasteiger partial charge is 0.372 e. The average Bonchev–Trinajstić information content (AvgIpc) is 2.86. The molecule has 114 valence electrons. The maximum Gasteiger partial charge on any atom is 0.255 e. The van der Waals surface area contributed by atoms with Crippen molar-refractivity contribution in [1.29, 1.82) is 0 Å². The average molecular weight is 295 g/mol. The number of amides is 1. The van der Waals surface area contributed by atoms with Crippen LogP contribution in [0.3, 0.4) is 0 Å². The highest BCUT2D eigenvalue weighted by molar-refractivity contribution is 6.04. The van der Waals surface area contributed by atoms with E-state index in [2.05, 4.69) is 27.3 Å². The summed E-state index contributed by atoms with van der Waals surface area (Å²) >= 11 is 0. The summed E-state index contributed by atoms with van der Waals surface area (Å²) in [6.07, 6.45) is 8.43. The number of anilines is 2. The van der Waals surface area contributed by atoms with Gasteiger partial charge in [-0.1, -0.05) is 12.8 Å². The van der Waals surface area contributed by atoms with Gasteiger partial charge in [-0.2, -0.15) is 0 Å². The lowest BCUT2D eigenvalue weighted by molar-refractivity contribution is 0.102. The summed E-state index contributed by atoms with van der Waals surface area (Å²) in [5.74, 6) is -0.107. The van der Waals surface area contributed by atoms with E-state index in [1.165, 1.54) is 31.4 Å². The maximum absolute atomic E-state index is 12.1. The van der Waals surface area contributed by atoms with Crippen molar-refractivity contribution in [1.82, 2.24) is 4.98 Å². The number of hydrogen-bond acceptors (Lipinski definition) is 3. The number of benzene rings is 1. The molecule has 1 aliphatic heterocycles. The van der Waals surface area contributed by atoms with Gasteiger partial charge in [-0.05, 0) is 49.2 Å². The molecule has 0 aliphatic carbocycles. The number of nitrogens with zero attached hydrogens (tertiary/aromatic N) is 2. The highest BCUT2D eigenvalue weighted by atomic mass is 16.1. The fourth-order valence-electron chi connectivity index (χ4n) is 2.79. The fraction of sp³-hybridized carbons (Fsp3) is 0.333. The minimum absolute atomic E-state index is 0.107. The first kappa shape index (κ1) is 14.6. The third kappa shape index (κ3) is 3.64. The summed E-state index contributed by atoms with van der Waals surface area (Å²) in [4.78, 5) is 18.4. The number of nitrogens with one attached hydrogen (secondary N) is 1. The second-order valence-electron chi connectivity index (χ2n) is 5.64. The molecule has 2 heterocycles. The topological polar surface area (TPSA) is 45.2 Å². The minimum Gasteiger partial charge on any atom is -0.372 e. The standard InChI is InChI=1S/C18H21N3O/c22-18(15-9-11-19-12-10-15)20-16-5-7-17(8-6-16)21-13-3-1-2-4-14-21/h5-12H,1-4,13-14H2,(H,20,22). The predicted molar refractivity (Wildman–Crippen MR) is 89.3 cm³/mol. The Kier molecular flexibility index (Phi) is 4.68. The van der Waals surface area contributed by atoms with Crippen LogP contribution in [0.1, 0.15) is 36.0 Å². The van der Waals surface area contributed by atoms with Crippen LogP contribution >= 0.6 is 0 Å². The van der Waals surface area contributed by atoms with E-state index < -0.39 is 0 Å². The van der Waals surface area contributed by atoms with E-state index in [1.54, 1.807) is 24.5 Å². The van der Waals surface area contributed by atoms with E-state index in [1.807, 2.05) is 12.1 Å². The molecule has 0 bridgehead atoms. The van der Waals surface area contributed by atoms with Gasteiger partial charge in [0.25, 0.3) is 5.91 Å². The smallest absolute Gasteiger partial charge is 0.255 e. The highest BCUT2D eigenvalue weighted by Gasteiger charge is 2.10. The summed E-state index contributed by atoms with van der Waals surface area (Å²) in [6.45, 7) is 2.26. The molecule has 1 aromatic carbocycles. The van der Waals surface area contributed by atoms with Crippen LogP contribution in [-0.4, -0.2) is 24.0 Å². The van der Waals surface area contributed by atoms with Crippen molar-refractivity contribution < 1.29 is 4.79 Å². The van der Waals surface area contributed by atoms with Crippen LogP contribution in [0.15, 0.2) is 48.8 Å². The zero-order valence-electron chi connectivity index (χ0n) is 12.7. The second kappa shape index (κ2) is 7.07. The SMILES string of the molecule is O=C(Nc1ccc(N2CCCCCC2)cc1)c1ccncc1. The maximum atomic E-state index is 12.1. The molecule has 1 amide bonds. The highest BCUT2D eigenvalue weighted by Crippen LogP contribution is 2.21. The lowest BCUT2D eigenvalue weighted by atomic mass is 10.2. The van der Waals surface area contributed by atoms with Gasteiger partial charge in [0.15, 0.2) is 0 Å². The van der Waals surface area contributed by atoms with E-state index in [-0.39, 0.29) is 5.91 Å². The number of rotatable bonds is 3. The fourth-order valence-corrected chi connectivity index (χ4v) is 2.79. The Morgan fingerprint density at radius 2 is 1.55 bits per heavy atom. The van der Waals surface area contributed by atoms with Crippen LogP contribution in [0.4, 0.5) is 11.4 Å². The van der Waals surface area contributed by atoms with Crippen LogP contribution in [-0.2, 0) is 0 Å². The van der Waals surface area contributed by atoms with Gasteiger partial charge in [0.1, 0.15) is 0 Å². The molecule has 4 nitrogen and oxygen atoms in total. The van der Waals surface area contributed by atoms with Crippen LogP contribution in [0.2, 0.25) is 0 Å². The Labute approximate surface area is 131 Å². The molecule has 4 heteroatoms. The van der Waals surface area contributed by atoms with Gasteiger partial charge in [0.2, 0.25) is 0 Å². The number of carbonyl (C=O) groups is 1. The third-order valence-electron chi connectivity index (χ3n) is 4.04. The minimum atomic E-state index is -0.107. The van der Waals surface area contributed by atoms with Gasteiger partial charge in [-0.3, -0.25) is 9.78 Å². The van der Waals surface area contributed by atoms with Gasteiger partial charge < -0.3 is 10.2 Å². The number of carbonyl (C=O) groups excluding carboxylic acids is 1. The summed E-state index contributed by atoms with van der Waals surface area (Å²) in [5.41, 5.74) is 2.68. The van der Waals surface area contributed by atoms with Crippen molar-refractivity contribution in [2.75, 3.05) is 23.3 Å². The number of hydrogen-bond donors (Lipinski definition) is 1. The molecule has 1 aromatic heterocycles. The molecular formula is C18H21N3O. The summed E-state index contributed by atoms with van der Waals surface area (Å²) < 4.78 is 0. The molecule has 0 radical (unpaired) electrons. The van der Waals surface area contributed by atoms with Crippen molar-refractivity contribution in [3.8, 4) is 0 Å². The van der Waals surface area contributed by atoms with Crippen molar-refractivity contribution in [3.05, 3.63) is 54.4 Å². The lowest BCUT2D eigenvalue weighted by Crippen LogP contribution is -2.23. The molecule has 1 saturated heterocycles. The zero-order chi connectivity index (χ0) is 15.2. The van der Waals surface area contributed by atoms with Gasteiger partial charge in [0, 0.05) is 42.4 Å². The van der Waals surface area contributed by atoms with Gasteiger partial charge in [-0.15, -0.1) is 0 Å². The molecule has 0 atom stereocenters. The van der Waals surface area contributed by atoms with Gasteiger partial charge >= 0.3 is 0 Å². The van der Waals surface area contributed by atoms with Crippen LogP contribution in [0.5, 0.6) is 0 Å². The van der Waals surface area contributed by atoms with Gasteiger partial charge in [0.05, 0.1) is 0 Å². The van der Waals surface area contributed by atoms with Crippen LogP contribution < -0.4 is 10.2 Å². The predicted octanol–water partition coefficient (Wildman–Crippen LogP) is 3.71. The van der Waals surface area contributed by atoms with Gasteiger partial charge in [-0.25, -0.2) is 0 Å². The Hall–Kier alpha value is -2.36. The first-order valence-electron chi connectivity index (χ1n) is 7.89. The molecule has 1 aliphatic rings. The molecule has 1 N–H and O–H groups in total. The quantitative estimate of drug-likeness (QED) is 0.938. The number of aromatic nitrogens is 1. The summed E-state index contributed by atoms with van der Waals surface area (Å²) in [7, 11) is 0. The Bertz CT molecular complexity index is 602. The molecule has 22 heavy (non-hydrogen) atoms. The van der Waals surface area contributed by atoms with Crippen molar-refractivity contribution in [2.45, 2.75) is 25.7 Å². The van der Waals surface area contributed by atoms with E-state index >= 15 is 0 Å². The molecule has 1 fully saturated rings. The Morgan fingerprint density at radius 3 is 2.18 bits per heavy atom. The summed E-state index contributed by atoms with van der Waals surface area (Å²) in [5, 5.41) is 2.92. The van der Waals surface area contributed by atoms with Crippen molar-refractivity contribution >= 4 is 17.3 Å². The zero-order valence-corrected chi connectivity index (χ0v) is 12.7. The van der Waals surface area contributed by atoms with E-state index in [0.717, 1.165) is 18.8 Å². The third-order valence-corrected chi connectivity index (χ3v) is 4.04. The Morgan fingerprint density at radius 1 is 0.909 bits per heavy atom. The van der Waals surface area contributed by atoms with E-state index in [9.17, 15) is 4.79 Å². The lowest BCUT2D eigenvalue weighted by Gasteiger charge is -2.22. The van der Waals surface area contributed by atoms with E-state index in [4.69, 9.17) is 0 Å². The molecule has 3 rings (SSSR count). The van der Waals surface area contributed by atoms with Crippen molar-refractivity contribution in [2.24, 2.45) is 0 Å². The second-order valence-corrected chi connectivity index (χ2v) is 5.64. The first-order chi connectivity index (χ1) is 10.8. The Balaban J connectivity index is 1.65. The molecule has 2 aromatic rings. The first-order valence-corrected chi connectivity index (χ1v) is 7.89. The normalized spacial score (nSPS) is 15.2.